The first-order valence-corrected chi connectivity index (χ1v) is 14.2. The highest BCUT2D eigenvalue weighted by atomic mass is 16.5. The van der Waals surface area contributed by atoms with Crippen LogP contribution in [0.2, 0.25) is 0 Å². The van der Waals surface area contributed by atoms with Crippen molar-refractivity contribution in [1.29, 1.82) is 0 Å². The average Bonchev–Trinajstić information content (AvgIpc) is 2.94. The molecule has 0 bridgehead atoms. The van der Waals surface area contributed by atoms with E-state index >= 15 is 0 Å². The summed E-state index contributed by atoms with van der Waals surface area (Å²) in [6.07, 6.45) is 3.14. The van der Waals surface area contributed by atoms with Gasteiger partial charge < -0.3 is 28.4 Å². The van der Waals surface area contributed by atoms with Crippen LogP contribution in [0.15, 0.2) is 48.5 Å². The smallest absolute Gasteiger partial charge is 0.338 e. The summed E-state index contributed by atoms with van der Waals surface area (Å²) in [4.78, 5) is 25.2. The van der Waals surface area contributed by atoms with Gasteiger partial charge in [-0.05, 0) is 61.1 Å². The van der Waals surface area contributed by atoms with Crippen molar-refractivity contribution in [1.82, 2.24) is 0 Å². The maximum atomic E-state index is 12.6. The van der Waals surface area contributed by atoms with E-state index in [4.69, 9.17) is 28.4 Å². The number of carbonyl (C=O) groups is 2. The van der Waals surface area contributed by atoms with E-state index in [1.165, 1.54) is 0 Å². The van der Waals surface area contributed by atoms with Crippen molar-refractivity contribution in [3.63, 3.8) is 0 Å². The molecule has 0 radical (unpaired) electrons. The summed E-state index contributed by atoms with van der Waals surface area (Å²) in [6, 6.07) is 14.5. The Morgan fingerprint density at radius 2 is 1.05 bits per heavy atom. The van der Waals surface area contributed by atoms with Crippen LogP contribution < -0.4 is 0 Å². The average molecular weight is 555 g/mol. The first-order valence-electron chi connectivity index (χ1n) is 14.2. The first-order chi connectivity index (χ1) is 19.4. The van der Waals surface area contributed by atoms with Crippen LogP contribution >= 0.6 is 0 Å². The largest absolute Gasteiger partial charge is 0.462 e. The van der Waals surface area contributed by atoms with Crippen molar-refractivity contribution in [3.8, 4) is 11.1 Å². The maximum absolute atomic E-state index is 12.6. The molecule has 2 heterocycles. The molecule has 8 nitrogen and oxygen atoms in total. The summed E-state index contributed by atoms with van der Waals surface area (Å²) in [5, 5.41) is 0. The molecule has 2 aromatic carbocycles. The summed E-state index contributed by atoms with van der Waals surface area (Å²) >= 11 is 0. The number of hydrogen-bond donors (Lipinski definition) is 0. The summed E-state index contributed by atoms with van der Waals surface area (Å²) in [7, 11) is 0. The van der Waals surface area contributed by atoms with Gasteiger partial charge in [0.1, 0.15) is 0 Å². The van der Waals surface area contributed by atoms with Crippen molar-refractivity contribution in [2.24, 2.45) is 10.8 Å². The van der Waals surface area contributed by atoms with Crippen molar-refractivity contribution in [2.45, 2.75) is 39.5 Å². The fourth-order valence-electron chi connectivity index (χ4n) is 4.47. The van der Waals surface area contributed by atoms with Crippen LogP contribution in [0.5, 0.6) is 0 Å². The number of unbranched alkanes of at least 4 members (excludes halogenated alkanes) is 2. The molecule has 40 heavy (non-hydrogen) atoms. The molecule has 2 aliphatic rings. The van der Waals surface area contributed by atoms with Crippen molar-refractivity contribution < 1.29 is 38.0 Å². The van der Waals surface area contributed by atoms with Crippen LogP contribution in [0.4, 0.5) is 0 Å². The SMILES string of the molecule is CC1(COCCCCOC(=O)c2cccc(-c3cccc(C(=O)OCCCCOCC4(C)COC4)c3)c2)COC1. The molecule has 2 saturated heterocycles. The molecule has 0 spiro atoms. The number of rotatable bonds is 17. The quantitative estimate of drug-likeness (QED) is 0.191. The van der Waals surface area contributed by atoms with Gasteiger partial charge in [-0.15, -0.1) is 0 Å². The number of carbonyl (C=O) groups excluding carboxylic acids is 2. The van der Waals surface area contributed by atoms with Crippen LogP contribution in [-0.4, -0.2) is 78.0 Å². The van der Waals surface area contributed by atoms with Gasteiger partial charge in [0.05, 0.1) is 64.0 Å². The molecule has 0 aliphatic carbocycles. The normalized spacial score (nSPS) is 16.9. The molecule has 0 saturated carbocycles. The van der Waals surface area contributed by atoms with E-state index in [0.29, 0.717) is 50.8 Å². The minimum Gasteiger partial charge on any atom is -0.462 e. The standard InChI is InChI=1S/C32H42O8/c1-31(21-37-22-31)19-35-13-3-5-15-39-29(33)27-11-7-9-25(17-27)26-10-8-12-28(18-26)30(34)40-16-6-4-14-36-20-32(2)23-38-24-32/h7-12,17-18H,3-6,13-16,19-24H2,1-2H3. The van der Waals surface area contributed by atoms with Crippen molar-refractivity contribution >= 4 is 11.9 Å². The number of ether oxygens (including phenoxy) is 6. The maximum Gasteiger partial charge on any atom is 0.338 e. The lowest BCUT2D eigenvalue weighted by molar-refractivity contribution is -0.138. The summed E-state index contributed by atoms with van der Waals surface area (Å²) in [5.74, 6) is -0.729. The third kappa shape index (κ3) is 9.13. The lowest BCUT2D eigenvalue weighted by atomic mass is 9.90. The number of benzene rings is 2. The van der Waals surface area contributed by atoms with Gasteiger partial charge in [0.25, 0.3) is 0 Å². The van der Waals surface area contributed by atoms with E-state index in [2.05, 4.69) is 13.8 Å². The highest BCUT2D eigenvalue weighted by Gasteiger charge is 2.34. The minimum absolute atomic E-state index is 0.150. The van der Waals surface area contributed by atoms with Gasteiger partial charge in [0.2, 0.25) is 0 Å². The van der Waals surface area contributed by atoms with Gasteiger partial charge >= 0.3 is 11.9 Å². The lowest BCUT2D eigenvalue weighted by Gasteiger charge is -2.37. The first kappa shape index (κ1) is 30.2. The summed E-state index contributed by atoms with van der Waals surface area (Å²) < 4.78 is 32.8. The monoisotopic (exact) mass is 554 g/mol. The van der Waals surface area contributed by atoms with E-state index in [0.717, 1.165) is 63.2 Å². The van der Waals surface area contributed by atoms with Crippen LogP contribution in [0.3, 0.4) is 0 Å². The van der Waals surface area contributed by atoms with Crippen LogP contribution in [0.1, 0.15) is 60.2 Å². The molecule has 2 aromatic rings. The molecule has 0 unspecified atom stereocenters. The number of esters is 2. The Bertz CT molecular complexity index is 1020. The van der Waals surface area contributed by atoms with Gasteiger partial charge in [0, 0.05) is 24.0 Å². The second-order valence-corrected chi connectivity index (χ2v) is 11.6. The predicted octanol–water partition coefficient (Wildman–Crippen LogP) is 5.33. The molecular formula is C32H42O8. The van der Waals surface area contributed by atoms with Gasteiger partial charge in [-0.25, -0.2) is 9.59 Å². The zero-order chi connectivity index (χ0) is 28.3. The van der Waals surface area contributed by atoms with Crippen LogP contribution in [-0.2, 0) is 28.4 Å². The second kappa shape index (κ2) is 14.7. The summed E-state index contributed by atoms with van der Waals surface area (Å²) in [5.41, 5.74) is 2.90. The molecule has 0 amide bonds. The zero-order valence-electron chi connectivity index (χ0n) is 23.8. The third-order valence-electron chi connectivity index (χ3n) is 7.07. The number of hydrogen-bond acceptors (Lipinski definition) is 8. The molecule has 2 fully saturated rings. The molecule has 8 heteroatoms. The van der Waals surface area contributed by atoms with Gasteiger partial charge in [0.15, 0.2) is 0 Å². The Labute approximate surface area is 237 Å². The Morgan fingerprint density at radius 1 is 0.650 bits per heavy atom. The van der Waals surface area contributed by atoms with Gasteiger partial charge in [-0.2, -0.15) is 0 Å². The summed E-state index contributed by atoms with van der Waals surface area (Å²) in [6.45, 7) is 10.7. The molecule has 0 atom stereocenters. The Kier molecular flexibility index (Phi) is 11.1. The van der Waals surface area contributed by atoms with Gasteiger partial charge in [-0.1, -0.05) is 38.1 Å². The van der Waals surface area contributed by atoms with Crippen molar-refractivity contribution in [3.05, 3.63) is 59.7 Å². The van der Waals surface area contributed by atoms with E-state index in [1.54, 1.807) is 24.3 Å². The van der Waals surface area contributed by atoms with Gasteiger partial charge in [-0.3, -0.25) is 0 Å². The highest BCUT2D eigenvalue weighted by Crippen LogP contribution is 2.27. The Balaban J connectivity index is 1.15. The molecule has 0 aromatic heterocycles. The van der Waals surface area contributed by atoms with E-state index in [-0.39, 0.29) is 22.8 Å². The molecule has 0 N–H and O–H groups in total. The lowest BCUT2D eigenvalue weighted by Crippen LogP contribution is -2.43. The van der Waals surface area contributed by atoms with Crippen LogP contribution in [0.25, 0.3) is 11.1 Å². The van der Waals surface area contributed by atoms with Crippen LogP contribution in [0, 0.1) is 10.8 Å². The molecular weight excluding hydrogens is 512 g/mol. The molecule has 4 rings (SSSR count). The predicted molar refractivity (Wildman–Crippen MR) is 150 cm³/mol. The van der Waals surface area contributed by atoms with E-state index in [1.807, 2.05) is 24.3 Å². The Hall–Kier alpha value is -2.78. The minimum atomic E-state index is -0.364. The fourth-order valence-corrected chi connectivity index (χ4v) is 4.47. The fraction of sp³-hybridized carbons (Fsp3) is 0.562. The van der Waals surface area contributed by atoms with Crippen molar-refractivity contribution in [2.75, 3.05) is 66.1 Å². The topological polar surface area (TPSA) is 89.5 Å². The van der Waals surface area contributed by atoms with E-state index in [9.17, 15) is 9.59 Å². The highest BCUT2D eigenvalue weighted by molar-refractivity contribution is 5.93. The zero-order valence-corrected chi connectivity index (χ0v) is 23.8. The Morgan fingerprint density at radius 3 is 1.43 bits per heavy atom. The van der Waals surface area contributed by atoms with E-state index < -0.39 is 0 Å². The third-order valence-corrected chi connectivity index (χ3v) is 7.07. The molecule has 2 aliphatic heterocycles. The molecule has 218 valence electrons. The second-order valence-electron chi connectivity index (χ2n) is 11.6.